The second-order valence-corrected chi connectivity index (χ2v) is 13.7. The predicted molar refractivity (Wildman–Crippen MR) is 180 cm³/mol. The van der Waals surface area contributed by atoms with Gasteiger partial charge in [-0.3, -0.25) is 14.4 Å². The topological polar surface area (TPSA) is 179 Å². The van der Waals surface area contributed by atoms with E-state index in [1.165, 1.54) is 7.11 Å². The first-order chi connectivity index (χ1) is 23.5. The first-order valence-corrected chi connectivity index (χ1v) is 16.7. The molecule has 0 aliphatic heterocycles. The van der Waals surface area contributed by atoms with Crippen LogP contribution in [0.2, 0.25) is 0 Å². The summed E-state index contributed by atoms with van der Waals surface area (Å²) in [5.74, 6) is -8.12. The fourth-order valence-corrected chi connectivity index (χ4v) is 8.54. The van der Waals surface area contributed by atoms with E-state index in [2.05, 4.69) is 10.6 Å². The van der Waals surface area contributed by atoms with Crippen LogP contribution in [0.1, 0.15) is 80.0 Å². The normalized spacial score (nSPS) is 23.5. The van der Waals surface area contributed by atoms with Gasteiger partial charge >= 0.3 is 17.9 Å². The van der Waals surface area contributed by atoms with E-state index in [9.17, 15) is 29.7 Å². The van der Waals surface area contributed by atoms with Gasteiger partial charge in [0, 0.05) is 23.9 Å². The molecule has 3 aliphatic carbocycles. The van der Waals surface area contributed by atoms with Crippen molar-refractivity contribution in [3.05, 3.63) is 101 Å². The molecule has 0 heterocycles. The van der Waals surface area contributed by atoms with Crippen LogP contribution < -0.4 is 10.2 Å². The van der Waals surface area contributed by atoms with Gasteiger partial charge in [0.1, 0.15) is 11.7 Å². The SMILES string of the molecule is COc1ccc(C(C)C)cc1CNOC(CC(=O)O)(C(=O)O)C(C(=O)O)C1C2CCC(N=N)(CC2)C1C(c1ccccc1)c1ccccc1. The maximum atomic E-state index is 13.6. The molecule has 0 aromatic heterocycles. The van der Waals surface area contributed by atoms with Gasteiger partial charge in [-0.2, -0.15) is 10.6 Å². The van der Waals surface area contributed by atoms with Crippen molar-refractivity contribution in [3.63, 3.8) is 0 Å². The number of methoxy groups -OCH3 is 1. The molecule has 6 rings (SSSR count). The molecule has 260 valence electrons. The Morgan fingerprint density at radius 1 is 0.939 bits per heavy atom. The molecule has 3 aliphatic rings. The Labute approximate surface area is 286 Å². The lowest BCUT2D eigenvalue weighted by molar-refractivity contribution is -0.217. The number of fused-ring (bicyclic) bond motifs is 3. The third-order valence-electron chi connectivity index (χ3n) is 10.8. The van der Waals surface area contributed by atoms with Crippen LogP contribution in [0.25, 0.3) is 0 Å². The number of hydroxylamine groups is 1. The van der Waals surface area contributed by atoms with Gasteiger partial charge in [0.15, 0.2) is 0 Å². The molecule has 0 spiro atoms. The number of benzene rings is 3. The number of rotatable bonds is 16. The standard InChI is InChI=1S/C38H45N3O8/c1-23(2)27-14-15-29(48-3)28(20-27)22-40-49-38(36(46)47,21-30(42)43)34(35(44)45)32-26-16-18-37(41-39,19-17-26)33(32)31(24-10-6-4-7-11-24)25-12-8-5-9-13-25/h4-15,20,23,26,31-34,39-40H,16-19,21-22H2,1-3H3,(H,42,43)(H,44,45)(H,46,47). The average molecular weight is 672 g/mol. The molecule has 3 aromatic carbocycles. The molecular formula is C38H45N3O8. The number of carboxylic acid groups (broad SMARTS) is 3. The Bertz CT molecular complexity index is 1600. The molecule has 5 N–H and O–H groups in total. The molecule has 3 fully saturated rings. The summed E-state index contributed by atoms with van der Waals surface area (Å²) in [6.07, 6.45) is 1.01. The van der Waals surface area contributed by atoms with E-state index in [0.717, 1.165) is 16.7 Å². The molecule has 4 atom stereocenters. The lowest BCUT2D eigenvalue weighted by atomic mass is 9.46. The minimum absolute atomic E-state index is 0.0785. The molecule has 11 heteroatoms. The largest absolute Gasteiger partial charge is 0.496 e. The second-order valence-electron chi connectivity index (χ2n) is 13.7. The van der Waals surface area contributed by atoms with E-state index in [0.29, 0.717) is 37.0 Å². The maximum Gasteiger partial charge on any atom is 0.339 e. The Balaban J connectivity index is 1.65. The van der Waals surface area contributed by atoms with Crippen molar-refractivity contribution in [2.24, 2.45) is 28.8 Å². The van der Waals surface area contributed by atoms with Crippen LogP contribution in [0.5, 0.6) is 5.75 Å². The predicted octanol–water partition coefficient (Wildman–Crippen LogP) is 6.88. The zero-order chi connectivity index (χ0) is 35.3. The van der Waals surface area contributed by atoms with Crippen molar-refractivity contribution < 1.29 is 39.3 Å². The molecule has 0 radical (unpaired) electrons. The Kier molecular flexibility index (Phi) is 10.8. The van der Waals surface area contributed by atoms with Crippen LogP contribution in [0.15, 0.2) is 84.0 Å². The van der Waals surface area contributed by atoms with E-state index in [-0.39, 0.29) is 18.4 Å². The molecule has 49 heavy (non-hydrogen) atoms. The van der Waals surface area contributed by atoms with Gasteiger partial charge in [-0.25, -0.2) is 10.3 Å². The van der Waals surface area contributed by atoms with E-state index < -0.39 is 59.1 Å². The van der Waals surface area contributed by atoms with Crippen LogP contribution in [0.3, 0.4) is 0 Å². The van der Waals surface area contributed by atoms with Gasteiger partial charge in [0.05, 0.1) is 19.1 Å². The number of aliphatic carboxylic acids is 3. The van der Waals surface area contributed by atoms with E-state index in [1.54, 1.807) is 6.07 Å². The van der Waals surface area contributed by atoms with Crippen molar-refractivity contribution in [1.82, 2.24) is 5.48 Å². The van der Waals surface area contributed by atoms with Crippen LogP contribution in [-0.4, -0.2) is 51.5 Å². The lowest BCUT2D eigenvalue weighted by Gasteiger charge is -2.59. The minimum Gasteiger partial charge on any atom is -0.496 e. The summed E-state index contributed by atoms with van der Waals surface area (Å²) >= 11 is 0. The van der Waals surface area contributed by atoms with Crippen molar-refractivity contribution in [3.8, 4) is 5.75 Å². The number of nitrogens with one attached hydrogen (secondary N) is 2. The molecule has 3 saturated carbocycles. The highest BCUT2D eigenvalue weighted by Crippen LogP contribution is 2.62. The first-order valence-electron chi connectivity index (χ1n) is 16.7. The lowest BCUT2D eigenvalue weighted by Crippen LogP contribution is -2.64. The average Bonchev–Trinajstić information content (AvgIpc) is 3.09. The highest BCUT2D eigenvalue weighted by Gasteiger charge is 2.66. The van der Waals surface area contributed by atoms with E-state index >= 15 is 0 Å². The Morgan fingerprint density at radius 3 is 2.00 bits per heavy atom. The van der Waals surface area contributed by atoms with Crippen LogP contribution in [0, 0.1) is 29.2 Å². The summed E-state index contributed by atoms with van der Waals surface area (Å²) in [5, 5.41) is 36.4. The van der Waals surface area contributed by atoms with Crippen molar-refractivity contribution in [2.75, 3.05) is 7.11 Å². The number of nitrogens with zero attached hydrogens (tertiary/aromatic N) is 1. The summed E-state index contributed by atoms with van der Waals surface area (Å²) in [6, 6.07) is 24.7. The van der Waals surface area contributed by atoms with E-state index in [1.807, 2.05) is 86.6 Å². The summed E-state index contributed by atoms with van der Waals surface area (Å²) < 4.78 is 5.51. The zero-order valence-electron chi connectivity index (χ0n) is 28.0. The molecule has 2 bridgehead atoms. The fraction of sp³-hybridized carbons (Fsp3) is 0.447. The number of carbonyl (C=O) groups is 3. The van der Waals surface area contributed by atoms with Crippen LogP contribution >= 0.6 is 0 Å². The van der Waals surface area contributed by atoms with Crippen molar-refractivity contribution in [1.29, 1.82) is 5.53 Å². The van der Waals surface area contributed by atoms with E-state index in [4.69, 9.17) is 15.1 Å². The van der Waals surface area contributed by atoms with Gasteiger partial charge in [-0.1, -0.05) is 86.6 Å². The van der Waals surface area contributed by atoms with Gasteiger partial charge in [-0.15, -0.1) is 0 Å². The molecule has 0 saturated heterocycles. The quantitative estimate of drug-likeness (QED) is 0.0802. The molecular weight excluding hydrogens is 626 g/mol. The zero-order valence-corrected chi connectivity index (χ0v) is 28.0. The fourth-order valence-electron chi connectivity index (χ4n) is 8.54. The summed E-state index contributed by atoms with van der Waals surface area (Å²) in [7, 11) is 1.50. The third kappa shape index (κ3) is 6.95. The van der Waals surface area contributed by atoms with Gasteiger partial charge in [0.25, 0.3) is 0 Å². The maximum absolute atomic E-state index is 13.6. The van der Waals surface area contributed by atoms with Crippen molar-refractivity contribution in [2.45, 2.75) is 75.5 Å². The third-order valence-corrected chi connectivity index (χ3v) is 10.8. The Hall–Kier alpha value is -4.61. The van der Waals surface area contributed by atoms with Crippen molar-refractivity contribution >= 4 is 17.9 Å². The smallest absolute Gasteiger partial charge is 0.339 e. The molecule has 11 nitrogen and oxygen atoms in total. The minimum atomic E-state index is -2.72. The second kappa shape index (κ2) is 14.9. The monoisotopic (exact) mass is 671 g/mol. The summed E-state index contributed by atoms with van der Waals surface area (Å²) in [6.45, 7) is 3.97. The Morgan fingerprint density at radius 2 is 1.53 bits per heavy atom. The van der Waals surface area contributed by atoms with Gasteiger partial charge in [-0.05, 0) is 66.2 Å². The van der Waals surface area contributed by atoms with Gasteiger partial charge < -0.3 is 20.1 Å². The summed E-state index contributed by atoms with van der Waals surface area (Å²) in [4.78, 5) is 45.5. The number of carboxylic acids is 3. The first kappa shape index (κ1) is 35.7. The highest BCUT2D eigenvalue weighted by atomic mass is 16.7. The molecule has 3 aromatic rings. The summed E-state index contributed by atoms with van der Waals surface area (Å²) in [5.41, 5.74) is 10.8. The van der Waals surface area contributed by atoms with Crippen LogP contribution in [0.4, 0.5) is 0 Å². The molecule has 0 amide bonds. The highest BCUT2D eigenvalue weighted by molar-refractivity contribution is 5.90. The van der Waals surface area contributed by atoms with Crippen LogP contribution in [-0.2, 0) is 25.8 Å². The number of hydrogen-bond donors (Lipinski definition) is 5. The number of ether oxygens (including phenoxy) is 1. The number of hydrogen-bond acceptors (Lipinski definition) is 8. The van der Waals surface area contributed by atoms with Gasteiger partial charge in [0.2, 0.25) is 5.60 Å². The molecule has 4 unspecified atom stereocenters.